The minimum Gasteiger partial charge on any atom is -0.493 e. The van der Waals surface area contributed by atoms with Crippen LogP contribution < -0.4 is 9.47 Å². The van der Waals surface area contributed by atoms with Gasteiger partial charge in [0.1, 0.15) is 12.2 Å². The van der Waals surface area contributed by atoms with Gasteiger partial charge in [-0.2, -0.15) is 5.10 Å². The smallest absolute Gasteiger partial charge is 0.160 e. The molecule has 1 aromatic carbocycles. The van der Waals surface area contributed by atoms with Crippen LogP contribution in [-0.4, -0.2) is 40.2 Å². The highest BCUT2D eigenvalue weighted by Gasteiger charge is 2.13. The van der Waals surface area contributed by atoms with Gasteiger partial charge >= 0.3 is 0 Å². The number of methoxy groups -OCH3 is 2. The summed E-state index contributed by atoms with van der Waals surface area (Å²) in [6.07, 6.45) is 2.00. The number of benzene rings is 1. The second kappa shape index (κ2) is 7.08. The second-order valence-electron chi connectivity index (χ2n) is 4.74. The van der Waals surface area contributed by atoms with Gasteiger partial charge in [-0.1, -0.05) is 6.07 Å². The van der Waals surface area contributed by atoms with Gasteiger partial charge in [-0.25, -0.2) is 4.98 Å². The van der Waals surface area contributed by atoms with Crippen molar-refractivity contribution >= 4 is 0 Å². The average molecular weight is 291 g/mol. The molecule has 0 bridgehead atoms. The topological polar surface area (TPSA) is 69.4 Å². The molecule has 0 aliphatic rings. The first-order chi connectivity index (χ1) is 10.2. The van der Waals surface area contributed by atoms with E-state index in [1.54, 1.807) is 18.9 Å². The number of aliphatic hydroxyl groups excluding tert-OH is 1. The van der Waals surface area contributed by atoms with Crippen molar-refractivity contribution in [2.24, 2.45) is 0 Å². The van der Waals surface area contributed by atoms with Gasteiger partial charge in [0.15, 0.2) is 11.5 Å². The lowest BCUT2D eigenvalue weighted by Crippen LogP contribution is -2.17. The van der Waals surface area contributed by atoms with Gasteiger partial charge in [-0.15, -0.1) is 0 Å². The number of ether oxygens (including phenoxy) is 2. The van der Waals surface area contributed by atoms with Crippen LogP contribution in [0.5, 0.6) is 11.5 Å². The van der Waals surface area contributed by atoms with Crippen molar-refractivity contribution in [2.75, 3.05) is 14.2 Å². The maximum Gasteiger partial charge on any atom is 0.160 e. The van der Waals surface area contributed by atoms with Crippen molar-refractivity contribution in [1.82, 2.24) is 14.8 Å². The summed E-state index contributed by atoms with van der Waals surface area (Å²) in [7, 11) is 3.20. The number of aromatic nitrogens is 3. The fraction of sp³-hybridized carbons (Fsp3) is 0.467. The Labute approximate surface area is 124 Å². The minimum absolute atomic E-state index is 0.474. The van der Waals surface area contributed by atoms with Gasteiger partial charge in [-0.3, -0.25) is 4.68 Å². The molecule has 1 atom stereocenters. The fourth-order valence-electron chi connectivity index (χ4n) is 2.27. The van der Waals surface area contributed by atoms with Gasteiger partial charge in [0, 0.05) is 13.0 Å². The van der Waals surface area contributed by atoms with Crippen LogP contribution in [-0.2, 0) is 19.4 Å². The van der Waals surface area contributed by atoms with E-state index in [2.05, 4.69) is 10.1 Å². The van der Waals surface area contributed by atoms with Crippen LogP contribution in [0.1, 0.15) is 18.3 Å². The summed E-state index contributed by atoms with van der Waals surface area (Å²) in [4.78, 5) is 4.18. The summed E-state index contributed by atoms with van der Waals surface area (Å²) >= 11 is 0. The number of hydrogen-bond acceptors (Lipinski definition) is 5. The van der Waals surface area contributed by atoms with Gasteiger partial charge in [0.2, 0.25) is 0 Å². The molecule has 1 N–H and O–H groups in total. The van der Waals surface area contributed by atoms with E-state index in [1.165, 1.54) is 6.33 Å². The Bertz CT molecular complexity index is 583. The molecule has 1 aromatic heterocycles. The number of aliphatic hydroxyl groups is 1. The summed E-state index contributed by atoms with van der Waals surface area (Å²) in [6, 6.07) is 5.65. The van der Waals surface area contributed by atoms with Crippen molar-refractivity contribution in [2.45, 2.75) is 32.4 Å². The summed E-state index contributed by atoms with van der Waals surface area (Å²) in [5.74, 6) is 2.14. The molecule has 0 fully saturated rings. The Kier molecular flexibility index (Phi) is 5.16. The molecular formula is C15H21N3O3. The Hall–Kier alpha value is -2.08. The van der Waals surface area contributed by atoms with E-state index in [0.29, 0.717) is 24.3 Å². The fourth-order valence-corrected chi connectivity index (χ4v) is 2.27. The van der Waals surface area contributed by atoms with Crippen molar-refractivity contribution < 1.29 is 14.6 Å². The van der Waals surface area contributed by atoms with Crippen LogP contribution in [0.25, 0.3) is 0 Å². The lowest BCUT2D eigenvalue weighted by Gasteiger charge is -2.13. The Balaban J connectivity index is 2.04. The minimum atomic E-state index is -0.516. The zero-order chi connectivity index (χ0) is 15.2. The number of hydrogen-bond donors (Lipinski definition) is 1. The summed E-state index contributed by atoms with van der Waals surface area (Å²) in [5, 5.41) is 14.3. The van der Waals surface area contributed by atoms with Crippen molar-refractivity contribution in [3.63, 3.8) is 0 Å². The van der Waals surface area contributed by atoms with Crippen LogP contribution >= 0.6 is 0 Å². The number of nitrogens with zero attached hydrogens (tertiary/aromatic N) is 3. The van der Waals surface area contributed by atoms with Crippen LogP contribution in [0.3, 0.4) is 0 Å². The summed E-state index contributed by atoms with van der Waals surface area (Å²) in [6.45, 7) is 2.75. The Morgan fingerprint density at radius 2 is 1.95 bits per heavy atom. The van der Waals surface area contributed by atoms with E-state index in [0.717, 1.165) is 17.9 Å². The molecule has 0 saturated carbocycles. The molecule has 114 valence electrons. The molecule has 0 aliphatic carbocycles. The normalized spacial score (nSPS) is 12.2. The van der Waals surface area contributed by atoms with Gasteiger partial charge in [0.05, 0.1) is 20.3 Å². The van der Waals surface area contributed by atoms with Crippen LogP contribution in [0, 0.1) is 0 Å². The highest BCUT2D eigenvalue weighted by atomic mass is 16.5. The molecule has 0 spiro atoms. The first-order valence-electron chi connectivity index (χ1n) is 6.93. The molecule has 0 radical (unpaired) electrons. The Morgan fingerprint density at radius 1 is 1.19 bits per heavy atom. The zero-order valence-electron chi connectivity index (χ0n) is 12.6. The SMILES string of the molecule is CCn1ncnc1CC(O)Cc1ccc(OC)c(OC)c1. The van der Waals surface area contributed by atoms with E-state index in [4.69, 9.17) is 9.47 Å². The molecule has 6 heteroatoms. The molecule has 2 aromatic rings. The number of aryl methyl sites for hydroxylation is 1. The molecule has 0 amide bonds. The maximum absolute atomic E-state index is 10.2. The standard InChI is InChI=1S/C15H21N3O3/c1-4-18-15(16-10-17-18)9-12(19)7-11-5-6-13(20-2)14(8-11)21-3/h5-6,8,10,12,19H,4,7,9H2,1-3H3. The van der Waals surface area contributed by atoms with Gasteiger partial charge < -0.3 is 14.6 Å². The highest BCUT2D eigenvalue weighted by molar-refractivity contribution is 5.43. The second-order valence-corrected chi connectivity index (χ2v) is 4.74. The first kappa shape index (κ1) is 15.3. The predicted octanol–water partition coefficient (Wildman–Crippen LogP) is 1.46. The van der Waals surface area contributed by atoms with E-state index in [9.17, 15) is 5.11 Å². The highest BCUT2D eigenvalue weighted by Crippen LogP contribution is 2.28. The molecule has 1 heterocycles. The molecule has 6 nitrogen and oxygen atoms in total. The van der Waals surface area contributed by atoms with E-state index in [1.807, 2.05) is 25.1 Å². The molecule has 1 unspecified atom stereocenters. The summed E-state index contributed by atoms with van der Waals surface area (Å²) < 4.78 is 12.3. The van der Waals surface area contributed by atoms with Crippen LogP contribution in [0.2, 0.25) is 0 Å². The molecule has 2 rings (SSSR count). The van der Waals surface area contributed by atoms with E-state index < -0.39 is 6.10 Å². The van der Waals surface area contributed by atoms with Crippen LogP contribution in [0.15, 0.2) is 24.5 Å². The maximum atomic E-state index is 10.2. The van der Waals surface area contributed by atoms with Gasteiger partial charge in [0.25, 0.3) is 0 Å². The number of rotatable bonds is 7. The van der Waals surface area contributed by atoms with Crippen molar-refractivity contribution in [3.05, 3.63) is 35.9 Å². The van der Waals surface area contributed by atoms with Crippen LogP contribution in [0.4, 0.5) is 0 Å². The average Bonchev–Trinajstić information content (AvgIpc) is 2.94. The first-order valence-corrected chi connectivity index (χ1v) is 6.93. The zero-order valence-corrected chi connectivity index (χ0v) is 12.6. The third kappa shape index (κ3) is 3.72. The molecular weight excluding hydrogens is 270 g/mol. The predicted molar refractivity (Wildman–Crippen MR) is 78.7 cm³/mol. The van der Waals surface area contributed by atoms with Gasteiger partial charge in [-0.05, 0) is 31.0 Å². The lowest BCUT2D eigenvalue weighted by molar-refractivity contribution is 0.171. The van der Waals surface area contributed by atoms with E-state index >= 15 is 0 Å². The largest absolute Gasteiger partial charge is 0.493 e. The molecule has 0 aliphatic heterocycles. The van der Waals surface area contributed by atoms with E-state index in [-0.39, 0.29) is 0 Å². The van der Waals surface area contributed by atoms with Crippen molar-refractivity contribution in [1.29, 1.82) is 0 Å². The third-order valence-corrected chi connectivity index (χ3v) is 3.33. The molecule has 0 saturated heterocycles. The Morgan fingerprint density at radius 3 is 2.62 bits per heavy atom. The third-order valence-electron chi connectivity index (χ3n) is 3.33. The summed E-state index contributed by atoms with van der Waals surface area (Å²) in [5.41, 5.74) is 0.989. The monoisotopic (exact) mass is 291 g/mol. The molecule has 21 heavy (non-hydrogen) atoms. The van der Waals surface area contributed by atoms with Crippen molar-refractivity contribution in [3.8, 4) is 11.5 Å². The quantitative estimate of drug-likeness (QED) is 0.836. The lowest BCUT2D eigenvalue weighted by atomic mass is 10.0.